The van der Waals surface area contributed by atoms with Gasteiger partial charge in [-0.15, -0.1) is 0 Å². The number of ether oxygens (including phenoxy) is 1. The van der Waals surface area contributed by atoms with E-state index >= 15 is 0 Å². The van der Waals surface area contributed by atoms with Gasteiger partial charge in [-0.05, 0) is 56.2 Å². The summed E-state index contributed by atoms with van der Waals surface area (Å²) in [5, 5.41) is 4.15. The molecule has 6 heteroatoms. The summed E-state index contributed by atoms with van der Waals surface area (Å²) in [5.74, 6) is 1.67. The Hall–Kier alpha value is -3.15. The Kier molecular flexibility index (Phi) is 4.86. The van der Waals surface area contributed by atoms with Gasteiger partial charge in [0.2, 0.25) is 5.91 Å². The maximum atomic E-state index is 12.6. The SMILES string of the molecule is CCOc1ccccc1-c1nc(C2CC(=O)N(c3cc(C)cc(C)c3)C2)no1. The lowest BCUT2D eigenvalue weighted by Gasteiger charge is -2.17. The van der Waals surface area contributed by atoms with E-state index in [9.17, 15) is 4.79 Å². The highest BCUT2D eigenvalue weighted by Gasteiger charge is 2.35. The number of carbonyl (C=O) groups is 1. The maximum Gasteiger partial charge on any atom is 0.261 e. The lowest BCUT2D eigenvalue weighted by molar-refractivity contribution is -0.117. The van der Waals surface area contributed by atoms with Crippen molar-refractivity contribution in [3.8, 4) is 17.2 Å². The van der Waals surface area contributed by atoms with Crippen LogP contribution in [0.1, 0.15) is 36.2 Å². The van der Waals surface area contributed by atoms with Crippen LogP contribution in [0.5, 0.6) is 5.75 Å². The molecule has 1 aromatic heterocycles. The molecule has 3 aromatic rings. The molecular formula is C22H23N3O3. The molecule has 0 bridgehead atoms. The average Bonchev–Trinajstić information content (AvgIpc) is 3.28. The fraction of sp³-hybridized carbons (Fsp3) is 0.318. The quantitative estimate of drug-likeness (QED) is 0.664. The number of rotatable bonds is 5. The number of amides is 1. The summed E-state index contributed by atoms with van der Waals surface area (Å²) in [7, 11) is 0. The Morgan fingerprint density at radius 2 is 1.93 bits per heavy atom. The summed E-state index contributed by atoms with van der Waals surface area (Å²) in [6.07, 6.45) is 0.374. The monoisotopic (exact) mass is 377 g/mol. The maximum absolute atomic E-state index is 12.6. The van der Waals surface area contributed by atoms with E-state index in [0.29, 0.717) is 37.0 Å². The van der Waals surface area contributed by atoms with Crippen molar-refractivity contribution >= 4 is 11.6 Å². The van der Waals surface area contributed by atoms with Gasteiger partial charge in [0, 0.05) is 24.6 Å². The molecule has 1 unspecified atom stereocenters. The molecule has 2 heterocycles. The molecule has 1 aliphatic rings. The molecule has 1 fully saturated rings. The van der Waals surface area contributed by atoms with Gasteiger partial charge >= 0.3 is 0 Å². The van der Waals surface area contributed by atoms with Gasteiger partial charge < -0.3 is 14.2 Å². The van der Waals surface area contributed by atoms with Crippen molar-refractivity contribution in [3.63, 3.8) is 0 Å². The van der Waals surface area contributed by atoms with Gasteiger partial charge in [0.25, 0.3) is 5.89 Å². The van der Waals surface area contributed by atoms with Gasteiger partial charge in [0.05, 0.1) is 12.2 Å². The van der Waals surface area contributed by atoms with Crippen LogP contribution in [0, 0.1) is 13.8 Å². The molecule has 0 N–H and O–H groups in total. The first-order chi connectivity index (χ1) is 13.5. The first kappa shape index (κ1) is 18.2. The highest BCUT2D eigenvalue weighted by Crippen LogP contribution is 2.34. The Morgan fingerprint density at radius 3 is 2.68 bits per heavy atom. The van der Waals surface area contributed by atoms with Crippen LogP contribution in [-0.4, -0.2) is 29.2 Å². The number of aromatic nitrogens is 2. The van der Waals surface area contributed by atoms with Crippen molar-refractivity contribution in [1.29, 1.82) is 0 Å². The number of anilines is 1. The van der Waals surface area contributed by atoms with Crippen LogP contribution in [0.4, 0.5) is 5.69 Å². The third-order valence-corrected chi connectivity index (χ3v) is 4.87. The van der Waals surface area contributed by atoms with Crippen molar-refractivity contribution < 1.29 is 14.1 Å². The van der Waals surface area contributed by atoms with Crippen LogP contribution in [0.25, 0.3) is 11.5 Å². The fourth-order valence-corrected chi connectivity index (χ4v) is 3.67. The van der Waals surface area contributed by atoms with Gasteiger partial charge in [0.1, 0.15) is 5.75 Å². The van der Waals surface area contributed by atoms with Gasteiger partial charge in [0.15, 0.2) is 5.82 Å². The molecule has 4 rings (SSSR count). The largest absolute Gasteiger partial charge is 0.493 e. The lowest BCUT2D eigenvalue weighted by atomic mass is 10.1. The summed E-state index contributed by atoms with van der Waals surface area (Å²) >= 11 is 0. The van der Waals surface area contributed by atoms with E-state index in [1.165, 1.54) is 0 Å². The van der Waals surface area contributed by atoms with Gasteiger partial charge in [-0.3, -0.25) is 4.79 Å². The van der Waals surface area contributed by atoms with Crippen molar-refractivity contribution in [2.45, 2.75) is 33.1 Å². The number of benzene rings is 2. The number of hydrogen-bond donors (Lipinski definition) is 0. The Labute approximate surface area is 164 Å². The van der Waals surface area contributed by atoms with Crippen LogP contribution in [-0.2, 0) is 4.79 Å². The first-order valence-corrected chi connectivity index (χ1v) is 9.49. The van der Waals surface area contributed by atoms with Crippen LogP contribution in [0.3, 0.4) is 0 Å². The predicted octanol–water partition coefficient (Wildman–Crippen LogP) is 4.27. The minimum atomic E-state index is -0.0925. The molecule has 2 aromatic carbocycles. The molecular weight excluding hydrogens is 354 g/mol. The number of aryl methyl sites for hydroxylation is 2. The van der Waals surface area contributed by atoms with Gasteiger partial charge in [-0.1, -0.05) is 23.4 Å². The third-order valence-electron chi connectivity index (χ3n) is 4.87. The molecule has 0 radical (unpaired) electrons. The van der Waals surface area contributed by atoms with Crippen LogP contribution >= 0.6 is 0 Å². The van der Waals surface area contributed by atoms with Crippen molar-refractivity contribution in [2.75, 3.05) is 18.1 Å². The van der Waals surface area contributed by atoms with Crippen molar-refractivity contribution in [3.05, 3.63) is 59.4 Å². The van der Waals surface area contributed by atoms with E-state index in [0.717, 1.165) is 22.4 Å². The van der Waals surface area contributed by atoms with Gasteiger partial charge in [-0.25, -0.2) is 0 Å². The van der Waals surface area contributed by atoms with Crippen molar-refractivity contribution in [2.24, 2.45) is 0 Å². The zero-order valence-corrected chi connectivity index (χ0v) is 16.3. The van der Waals surface area contributed by atoms with Gasteiger partial charge in [-0.2, -0.15) is 4.98 Å². The smallest absolute Gasteiger partial charge is 0.261 e. The molecule has 1 atom stereocenters. The van der Waals surface area contributed by atoms with E-state index < -0.39 is 0 Å². The van der Waals surface area contributed by atoms with Crippen LogP contribution in [0.2, 0.25) is 0 Å². The molecule has 1 saturated heterocycles. The standard InChI is InChI=1S/C22H23N3O3/c1-4-27-19-8-6-5-7-18(19)22-23-21(24-28-22)16-12-20(26)25(13-16)17-10-14(2)9-15(3)11-17/h5-11,16H,4,12-13H2,1-3H3. The van der Waals surface area contributed by atoms with E-state index in [1.807, 2.05) is 62.1 Å². The summed E-state index contributed by atoms with van der Waals surface area (Å²) in [4.78, 5) is 19.0. The summed E-state index contributed by atoms with van der Waals surface area (Å²) in [6, 6.07) is 13.8. The minimum Gasteiger partial charge on any atom is -0.493 e. The first-order valence-electron chi connectivity index (χ1n) is 9.49. The zero-order chi connectivity index (χ0) is 19.7. The molecule has 1 aliphatic heterocycles. The van der Waals surface area contributed by atoms with Crippen LogP contribution in [0.15, 0.2) is 47.0 Å². The topological polar surface area (TPSA) is 68.5 Å². The molecule has 144 valence electrons. The molecule has 0 aliphatic carbocycles. The molecule has 28 heavy (non-hydrogen) atoms. The molecule has 0 spiro atoms. The van der Waals surface area contributed by atoms with E-state index in [1.54, 1.807) is 0 Å². The second-order valence-corrected chi connectivity index (χ2v) is 7.14. The van der Waals surface area contributed by atoms with Crippen molar-refractivity contribution in [1.82, 2.24) is 10.1 Å². The second kappa shape index (κ2) is 7.46. The second-order valence-electron chi connectivity index (χ2n) is 7.14. The molecule has 6 nitrogen and oxygen atoms in total. The Bertz CT molecular complexity index is 992. The third kappa shape index (κ3) is 3.50. The highest BCUT2D eigenvalue weighted by molar-refractivity contribution is 5.96. The number of carbonyl (C=O) groups excluding carboxylic acids is 1. The minimum absolute atomic E-state index is 0.0797. The highest BCUT2D eigenvalue weighted by atomic mass is 16.5. The number of nitrogens with zero attached hydrogens (tertiary/aromatic N) is 3. The fourth-order valence-electron chi connectivity index (χ4n) is 3.67. The Balaban J connectivity index is 1.58. The Morgan fingerprint density at radius 1 is 1.18 bits per heavy atom. The van der Waals surface area contributed by atoms with Crippen LogP contribution < -0.4 is 9.64 Å². The summed E-state index contributed by atoms with van der Waals surface area (Å²) in [5.41, 5.74) is 3.97. The van der Waals surface area contributed by atoms with E-state index in [4.69, 9.17) is 9.26 Å². The number of hydrogen-bond acceptors (Lipinski definition) is 5. The van der Waals surface area contributed by atoms with E-state index in [-0.39, 0.29) is 11.8 Å². The lowest BCUT2D eigenvalue weighted by Crippen LogP contribution is -2.24. The predicted molar refractivity (Wildman–Crippen MR) is 107 cm³/mol. The normalized spacial score (nSPS) is 16.6. The number of para-hydroxylation sites is 1. The summed E-state index contributed by atoms with van der Waals surface area (Å²) in [6.45, 7) is 7.11. The zero-order valence-electron chi connectivity index (χ0n) is 16.3. The molecule has 0 saturated carbocycles. The average molecular weight is 377 g/mol. The van der Waals surface area contributed by atoms with E-state index in [2.05, 4.69) is 16.2 Å². The summed E-state index contributed by atoms with van der Waals surface area (Å²) < 4.78 is 11.1. The molecule has 1 amide bonds.